The van der Waals surface area contributed by atoms with Gasteiger partial charge in [0.1, 0.15) is 5.69 Å². The SMILES string of the molecule is O=C(O)NCc1cn(CCON2C(=O)c3ccccc3C2=O)nn1. The Morgan fingerprint density at radius 1 is 1.21 bits per heavy atom. The maximum atomic E-state index is 12.1. The molecule has 0 fully saturated rings. The van der Waals surface area contributed by atoms with Crippen molar-refractivity contribution in [3.05, 3.63) is 47.3 Å². The number of benzene rings is 1. The monoisotopic (exact) mass is 331 g/mol. The summed E-state index contributed by atoms with van der Waals surface area (Å²) >= 11 is 0. The van der Waals surface area contributed by atoms with E-state index in [0.717, 1.165) is 5.06 Å². The van der Waals surface area contributed by atoms with Gasteiger partial charge in [0, 0.05) is 0 Å². The molecule has 0 spiro atoms. The van der Waals surface area contributed by atoms with Gasteiger partial charge in [-0.15, -0.1) is 10.2 Å². The topological polar surface area (TPSA) is 127 Å². The van der Waals surface area contributed by atoms with Gasteiger partial charge in [0.05, 0.1) is 37.0 Å². The molecule has 10 heteroatoms. The number of carboxylic acid groups (broad SMARTS) is 1. The second-order valence-electron chi connectivity index (χ2n) is 4.92. The number of nitrogens with one attached hydrogen (secondary N) is 1. The zero-order chi connectivity index (χ0) is 17.1. The predicted molar refractivity (Wildman–Crippen MR) is 77.8 cm³/mol. The fourth-order valence-electron chi connectivity index (χ4n) is 2.21. The summed E-state index contributed by atoms with van der Waals surface area (Å²) in [7, 11) is 0. The van der Waals surface area contributed by atoms with Gasteiger partial charge >= 0.3 is 6.09 Å². The van der Waals surface area contributed by atoms with Crippen LogP contribution < -0.4 is 5.32 Å². The molecular weight excluding hydrogens is 318 g/mol. The van der Waals surface area contributed by atoms with Gasteiger partial charge < -0.3 is 10.4 Å². The molecule has 3 amide bonds. The van der Waals surface area contributed by atoms with Crippen LogP contribution in [0.4, 0.5) is 4.79 Å². The van der Waals surface area contributed by atoms with Gasteiger partial charge in [-0.1, -0.05) is 17.3 Å². The second kappa shape index (κ2) is 6.46. The number of rotatable bonds is 6. The molecular formula is C14H13N5O5. The number of hydroxylamine groups is 2. The van der Waals surface area contributed by atoms with Crippen molar-refractivity contribution in [3.63, 3.8) is 0 Å². The molecule has 2 aromatic rings. The molecule has 24 heavy (non-hydrogen) atoms. The van der Waals surface area contributed by atoms with Crippen LogP contribution in [-0.4, -0.2) is 49.7 Å². The van der Waals surface area contributed by atoms with E-state index >= 15 is 0 Å². The normalized spacial score (nSPS) is 13.2. The average Bonchev–Trinajstić information content (AvgIpc) is 3.12. The number of aromatic nitrogens is 3. The molecule has 0 atom stereocenters. The maximum Gasteiger partial charge on any atom is 0.404 e. The van der Waals surface area contributed by atoms with E-state index in [4.69, 9.17) is 9.94 Å². The van der Waals surface area contributed by atoms with Crippen LogP contribution in [0.3, 0.4) is 0 Å². The summed E-state index contributed by atoms with van der Waals surface area (Å²) < 4.78 is 1.43. The van der Waals surface area contributed by atoms with Crippen molar-refractivity contribution in [2.75, 3.05) is 6.61 Å². The average molecular weight is 331 g/mol. The summed E-state index contributed by atoms with van der Waals surface area (Å²) in [5.74, 6) is -0.999. The minimum absolute atomic E-state index is 0.0284. The molecule has 0 bridgehead atoms. The lowest BCUT2D eigenvalue weighted by Gasteiger charge is -2.12. The first-order valence-electron chi connectivity index (χ1n) is 7.03. The highest BCUT2D eigenvalue weighted by atomic mass is 16.7. The van der Waals surface area contributed by atoms with Crippen LogP contribution in [0.2, 0.25) is 0 Å². The smallest absolute Gasteiger partial charge is 0.404 e. The van der Waals surface area contributed by atoms with Crippen molar-refractivity contribution in [1.29, 1.82) is 0 Å². The third kappa shape index (κ3) is 3.08. The molecule has 2 heterocycles. The second-order valence-corrected chi connectivity index (χ2v) is 4.92. The van der Waals surface area contributed by atoms with Gasteiger partial charge in [-0.2, -0.15) is 0 Å². The molecule has 0 unspecified atom stereocenters. The van der Waals surface area contributed by atoms with Crippen LogP contribution in [-0.2, 0) is 17.9 Å². The van der Waals surface area contributed by atoms with Crippen LogP contribution in [0, 0.1) is 0 Å². The summed E-state index contributed by atoms with van der Waals surface area (Å²) in [5, 5.41) is 19.0. The fraction of sp³-hybridized carbons (Fsp3) is 0.214. The Morgan fingerprint density at radius 2 is 1.88 bits per heavy atom. The Hall–Kier alpha value is -3.27. The largest absolute Gasteiger partial charge is 0.465 e. The highest BCUT2D eigenvalue weighted by Gasteiger charge is 2.36. The zero-order valence-corrected chi connectivity index (χ0v) is 12.4. The Kier molecular flexibility index (Phi) is 4.20. The van der Waals surface area contributed by atoms with E-state index in [9.17, 15) is 14.4 Å². The zero-order valence-electron chi connectivity index (χ0n) is 12.4. The molecule has 124 valence electrons. The molecule has 0 aliphatic carbocycles. The summed E-state index contributed by atoms with van der Waals surface area (Å²) in [6, 6.07) is 6.49. The van der Waals surface area contributed by atoms with Crippen molar-refractivity contribution >= 4 is 17.9 Å². The van der Waals surface area contributed by atoms with Gasteiger partial charge in [-0.05, 0) is 12.1 Å². The van der Waals surface area contributed by atoms with Crippen LogP contribution in [0.25, 0.3) is 0 Å². The molecule has 0 saturated heterocycles. The van der Waals surface area contributed by atoms with Gasteiger partial charge in [-0.25, -0.2) is 9.48 Å². The molecule has 1 aromatic carbocycles. The molecule has 1 aliphatic rings. The van der Waals surface area contributed by atoms with Crippen molar-refractivity contribution in [3.8, 4) is 0 Å². The van der Waals surface area contributed by atoms with Crippen molar-refractivity contribution in [2.45, 2.75) is 13.1 Å². The first kappa shape index (κ1) is 15.6. The van der Waals surface area contributed by atoms with E-state index in [1.165, 1.54) is 4.68 Å². The number of nitrogens with zero attached hydrogens (tertiary/aromatic N) is 4. The van der Waals surface area contributed by atoms with E-state index in [1.807, 2.05) is 0 Å². The number of carbonyl (C=O) groups excluding carboxylic acids is 2. The summed E-state index contributed by atoms with van der Waals surface area (Å²) in [5.41, 5.74) is 1.06. The number of imide groups is 1. The Bertz CT molecular complexity index is 767. The fourth-order valence-corrected chi connectivity index (χ4v) is 2.21. The van der Waals surface area contributed by atoms with Gasteiger partial charge in [0.25, 0.3) is 11.8 Å². The number of hydrogen-bond donors (Lipinski definition) is 2. The number of carbonyl (C=O) groups is 3. The van der Waals surface area contributed by atoms with E-state index in [0.29, 0.717) is 16.8 Å². The highest BCUT2D eigenvalue weighted by molar-refractivity contribution is 6.20. The number of amides is 3. The van der Waals surface area contributed by atoms with Gasteiger partial charge in [0.2, 0.25) is 0 Å². The van der Waals surface area contributed by atoms with Gasteiger partial charge in [-0.3, -0.25) is 14.4 Å². The minimum atomic E-state index is -1.15. The van der Waals surface area contributed by atoms with E-state index in [1.54, 1.807) is 30.5 Å². The predicted octanol–water partition coefficient (Wildman–Crippen LogP) is 0.273. The molecule has 10 nitrogen and oxygen atoms in total. The molecule has 3 rings (SSSR count). The third-order valence-electron chi connectivity index (χ3n) is 3.30. The lowest BCUT2D eigenvalue weighted by Crippen LogP contribution is -2.31. The Balaban J connectivity index is 1.53. The standard InChI is InChI=1S/C14H13N5O5/c20-12-10-3-1-2-4-11(10)13(21)19(12)24-6-5-18-8-9(16-17-18)7-15-14(22)23/h1-4,8,15H,5-7H2,(H,22,23). The Labute approximate surface area is 135 Å². The van der Waals surface area contributed by atoms with Gasteiger partial charge in [0.15, 0.2) is 0 Å². The molecule has 0 radical (unpaired) electrons. The van der Waals surface area contributed by atoms with Crippen molar-refractivity contribution in [1.82, 2.24) is 25.4 Å². The van der Waals surface area contributed by atoms with Crippen LogP contribution >= 0.6 is 0 Å². The lowest BCUT2D eigenvalue weighted by atomic mass is 10.1. The van der Waals surface area contributed by atoms with Crippen molar-refractivity contribution in [2.24, 2.45) is 0 Å². The number of hydrogen-bond acceptors (Lipinski definition) is 6. The summed E-state index contributed by atoms with van der Waals surface area (Å²) in [6.45, 7) is 0.308. The number of fused-ring (bicyclic) bond motifs is 1. The summed E-state index contributed by atoms with van der Waals surface area (Å²) in [4.78, 5) is 39.8. The van der Waals surface area contributed by atoms with Crippen molar-refractivity contribution < 1.29 is 24.3 Å². The summed E-state index contributed by atoms with van der Waals surface area (Å²) in [6.07, 6.45) is 0.389. The van der Waals surface area contributed by atoms with Crippen LogP contribution in [0.15, 0.2) is 30.5 Å². The quantitative estimate of drug-likeness (QED) is 0.728. The Morgan fingerprint density at radius 3 is 2.50 bits per heavy atom. The molecule has 2 N–H and O–H groups in total. The highest BCUT2D eigenvalue weighted by Crippen LogP contribution is 2.22. The molecule has 1 aliphatic heterocycles. The van der Waals surface area contributed by atoms with Crippen LogP contribution in [0.1, 0.15) is 26.4 Å². The lowest BCUT2D eigenvalue weighted by molar-refractivity contribution is -0.0941. The van der Waals surface area contributed by atoms with E-state index in [2.05, 4.69) is 15.6 Å². The first-order valence-corrected chi connectivity index (χ1v) is 7.03. The first-order chi connectivity index (χ1) is 11.6. The van der Waals surface area contributed by atoms with E-state index < -0.39 is 17.9 Å². The minimum Gasteiger partial charge on any atom is -0.465 e. The van der Waals surface area contributed by atoms with Crippen LogP contribution in [0.5, 0.6) is 0 Å². The van der Waals surface area contributed by atoms with E-state index in [-0.39, 0.29) is 19.7 Å². The molecule has 0 saturated carbocycles. The third-order valence-corrected chi connectivity index (χ3v) is 3.30. The maximum absolute atomic E-state index is 12.1. The molecule has 1 aromatic heterocycles.